The number of sulfonamides is 1. The highest BCUT2D eigenvalue weighted by Gasteiger charge is 2.39. The van der Waals surface area contributed by atoms with Crippen LogP contribution in [0, 0.1) is 6.92 Å². The Bertz CT molecular complexity index is 1380. The normalized spacial score (nSPS) is 19.2. The van der Waals surface area contributed by atoms with Crippen molar-refractivity contribution in [2.75, 3.05) is 45.9 Å². The number of nitrogens with one attached hydrogen (secondary N) is 1. The summed E-state index contributed by atoms with van der Waals surface area (Å²) >= 11 is 6.09. The van der Waals surface area contributed by atoms with E-state index in [0.717, 1.165) is 5.56 Å². The summed E-state index contributed by atoms with van der Waals surface area (Å²) in [5.41, 5.74) is 2.53. The predicted octanol–water partition coefficient (Wildman–Crippen LogP) is 4.11. The molecule has 1 atom stereocenters. The predicted molar refractivity (Wildman–Crippen MR) is 154 cm³/mol. The van der Waals surface area contributed by atoms with Crippen LogP contribution in [0.5, 0.6) is 0 Å². The molecule has 0 spiro atoms. The van der Waals surface area contributed by atoms with Crippen LogP contribution < -0.4 is 5.32 Å². The van der Waals surface area contributed by atoms with Crippen LogP contribution in [0.1, 0.15) is 30.5 Å². The number of carbonyl (C=O) groups is 2. The molecule has 1 fully saturated rings. The first-order chi connectivity index (χ1) is 19.1. The van der Waals surface area contributed by atoms with Gasteiger partial charge < -0.3 is 10.1 Å². The summed E-state index contributed by atoms with van der Waals surface area (Å²) in [6, 6.07) is 12.7. The van der Waals surface area contributed by atoms with Crippen LogP contribution in [0.15, 0.2) is 77.4 Å². The van der Waals surface area contributed by atoms with E-state index >= 15 is 0 Å². The number of halogens is 1. The molecular formula is C29H35ClN4O5S. The smallest absolute Gasteiger partial charge is 0.338 e. The second-order valence-electron chi connectivity index (χ2n) is 9.76. The molecule has 2 aliphatic rings. The number of carbonyl (C=O) groups excluding carboxylic acids is 2. The van der Waals surface area contributed by atoms with Gasteiger partial charge in [0, 0.05) is 43.4 Å². The summed E-state index contributed by atoms with van der Waals surface area (Å²) in [4.78, 5) is 30.5. The largest absolute Gasteiger partial charge is 0.463 e. The third-order valence-electron chi connectivity index (χ3n) is 7.03. The third kappa shape index (κ3) is 6.58. The minimum atomic E-state index is -3.64. The lowest BCUT2D eigenvalue weighted by molar-refractivity contribution is -0.139. The van der Waals surface area contributed by atoms with Crippen molar-refractivity contribution in [2.45, 2.75) is 31.2 Å². The Balaban J connectivity index is 1.66. The number of benzene rings is 2. The zero-order chi connectivity index (χ0) is 28.9. The van der Waals surface area contributed by atoms with Crippen molar-refractivity contribution < 1.29 is 22.7 Å². The number of aryl methyl sites for hydroxylation is 1. The molecule has 2 aromatic rings. The van der Waals surface area contributed by atoms with Gasteiger partial charge in [0.15, 0.2) is 0 Å². The standard InChI is InChI=1S/C29H35ClN4O5S/c1-4-15-34-25(26(28(35)39-5-2)27(31-29(34)36)22-9-11-23(30)12-10-22)20-32-16-6-17-33(19-18-32)40(37,38)24-13-7-21(3)8-14-24/h4,7-14,27H,1,5-6,15-20H2,2-3H3,(H,31,36). The van der Waals surface area contributed by atoms with Crippen molar-refractivity contribution in [3.05, 3.63) is 88.6 Å². The molecule has 2 aromatic carbocycles. The third-order valence-corrected chi connectivity index (χ3v) is 9.19. The van der Waals surface area contributed by atoms with Gasteiger partial charge in [0.25, 0.3) is 0 Å². The van der Waals surface area contributed by atoms with Crippen molar-refractivity contribution in [2.24, 2.45) is 0 Å². The maximum absolute atomic E-state index is 13.4. The minimum absolute atomic E-state index is 0.175. The fraction of sp³-hybridized carbons (Fsp3) is 0.379. The van der Waals surface area contributed by atoms with E-state index < -0.39 is 22.0 Å². The first kappa shape index (κ1) is 29.8. The Morgan fingerprint density at radius 1 is 1.10 bits per heavy atom. The SMILES string of the molecule is C=CCN1C(=O)NC(c2ccc(Cl)cc2)C(C(=O)OCC)=C1CN1CCCN(S(=O)(=O)c2ccc(C)cc2)CC1. The molecule has 0 radical (unpaired) electrons. The van der Waals surface area contributed by atoms with E-state index in [9.17, 15) is 18.0 Å². The lowest BCUT2D eigenvalue weighted by Crippen LogP contribution is -2.51. The average Bonchev–Trinajstić information content (AvgIpc) is 3.17. The first-order valence-electron chi connectivity index (χ1n) is 13.3. The topological polar surface area (TPSA) is 99.3 Å². The molecule has 214 valence electrons. The zero-order valence-electron chi connectivity index (χ0n) is 22.8. The van der Waals surface area contributed by atoms with Gasteiger partial charge in [0.1, 0.15) is 0 Å². The maximum Gasteiger partial charge on any atom is 0.338 e. The minimum Gasteiger partial charge on any atom is -0.463 e. The monoisotopic (exact) mass is 586 g/mol. The molecule has 40 heavy (non-hydrogen) atoms. The van der Waals surface area contributed by atoms with Crippen molar-refractivity contribution in [3.8, 4) is 0 Å². The molecule has 0 aromatic heterocycles. The quantitative estimate of drug-likeness (QED) is 0.351. The molecule has 1 N–H and O–H groups in total. The highest BCUT2D eigenvalue weighted by atomic mass is 35.5. The molecular weight excluding hydrogens is 552 g/mol. The summed E-state index contributed by atoms with van der Waals surface area (Å²) in [7, 11) is -3.64. The number of amides is 2. The van der Waals surface area contributed by atoms with Crippen molar-refractivity contribution in [3.63, 3.8) is 0 Å². The van der Waals surface area contributed by atoms with E-state index in [1.807, 2.05) is 6.92 Å². The summed E-state index contributed by atoms with van der Waals surface area (Å²) in [5, 5.41) is 3.47. The molecule has 2 heterocycles. The molecule has 1 unspecified atom stereocenters. The van der Waals surface area contributed by atoms with Gasteiger partial charge in [-0.3, -0.25) is 9.80 Å². The lowest BCUT2D eigenvalue weighted by atomic mass is 9.94. The van der Waals surface area contributed by atoms with E-state index in [4.69, 9.17) is 16.3 Å². The Morgan fingerprint density at radius 3 is 2.45 bits per heavy atom. The van der Waals surface area contributed by atoms with Crippen LogP contribution in [-0.2, 0) is 19.6 Å². The van der Waals surface area contributed by atoms with Gasteiger partial charge >= 0.3 is 12.0 Å². The van der Waals surface area contributed by atoms with Crippen LogP contribution in [0.4, 0.5) is 4.79 Å². The highest BCUT2D eigenvalue weighted by Crippen LogP contribution is 2.33. The number of nitrogens with zero attached hydrogens (tertiary/aromatic N) is 3. The van der Waals surface area contributed by atoms with Gasteiger partial charge in [-0.2, -0.15) is 4.31 Å². The van der Waals surface area contributed by atoms with Gasteiger partial charge in [0.05, 0.1) is 23.1 Å². The van der Waals surface area contributed by atoms with Gasteiger partial charge in [-0.25, -0.2) is 18.0 Å². The van der Waals surface area contributed by atoms with Gasteiger partial charge in [-0.1, -0.05) is 47.5 Å². The molecule has 2 aliphatic heterocycles. The number of hydrogen-bond acceptors (Lipinski definition) is 6. The number of rotatable bonds is 9. The summed E-state index contributed by atoms with van der Waals surface area (Å²) in [6.45, 7) is 9.75. The van der Waals surface area contributed by atoms with Crippen LogP contribution >= 0.6 is 11.6 Å². The van der Waals surface area contributed by atoms with Gasteiger partial charge in [-0.05, 0) is 56.6 Å². The molecule has 0 aliphatic carbocycles. The van der Waals surface area contributed by atoms with E-state index in [1.165, 1.54) is 9.21 Å². The van der Waals surface area contributed by atoms with Crippen LogP contribution in [0.3, 0.4) is 0 Å². The second kappa shape index (κ2) is 13.0. The van der Waals surface area contributed by atoms with Gasteiger partial charge in [-0.15, -0.1) is 6.58 Å². The Morgan fingerprint density at radius 2 is 1.80 bits per heavy atom. The maximum atomic E-state index is 13.4. The number of ether oxygens (including phenoxy) is 1. The molecule has 11 heteroatoms. The number of urea groups is 1. The highest BCUT2D eigenvalue weighted by molar-refractivity contribution is 7.89. The fourth-order valence-electron chi connectivity index (χ4n) is 4.97. The number of esters is 1. The molecule has 1 saturated heterocycles. The van der Waals surface area contributed by atoms with Crippen molar-refractivity contribution in [1.29, 1.82) is 0 Å². The van der Waals surface area contributed by atoms with Crippen molar-refractivity contribution >= 4 is 33.6 Å². The summed E-state index contributed by atoms with van der Waals surface area (Å²) in [5.74, 6) is -0.523. The zero-order valence-corrected chi connectivity index (χ0v) is 24.4. The van der Waals surface area contributed by atoms with Crippen LogP contribution in [0.2, 0.25) is 5.02 Å². The molecule has 2 amide bonds. The average molecular weight is 587 g/mol. The lowest BCUT2D eigenvalue weighted by Gasteiger charge is -2.38. The fourth-order valence-corrected chi connectivity index (χ4v) is 6.56. The second-order valence-corrected chi connectivity index (χ2v) is 12.1. The van der Waals surface area contributed by atoms with E-state index in [-0.39, 0.29) is 37.2 Å². The van der Waals surface area contributed by atoms with Crippen LogP contribution in [-0.4, -0.2) is 80.4 Å². The van der Waals surface area contributed by atoms with Gasteiger partial charge in [0.2, 0.25) is 10.0 Å². The first-order valence-corrected chi connectivity index (χ1v) is 15.1. The van der Waals surface area contributed by atoms with E-state index in [2.05, 4.69) is 16.8 Å². The molecule has 0 saturated carbocycles. The molecule has 4 rings (SSSR count). The van der Waals surface area contributed by atoms with Crippen LogP contribution in [0.25, 0.3) is 0 Å². The Labute approximate surface area is 241 Å². The Kier molecular flexibility index (Phi) is 9.68. The number of hydrogen-bond donors (Lipinski definition) is 1. The van der Waals surface area contributed by atoms with E-state index in [1.54, 1.807) is 61.5 Å². The molecule has 9 nitrogen and oxygen atoms in total. The van der Waals surface area contributed by atoms with Crippen molar-refractivity contribution in [1.82, 2.24) is 19.4 Å². The Hall–Kier alpha value is -3.18. The van der Waals surface area contributed by atoms with E-state index in [0.29, 0.717) is 47.9 Å². The molecule has 0 bridgehead atoms. The summed E-state index contributed by atoms with van der Waals surface area (Å²) < 4.78 is 33.6. The summed E-state index contributed by atoms with van der Waals surface area (Å²) in [6.07, 6.45) is 2.20.